The number of nitrogen functional groups attached to an aromatic ring is 1. The van der Waals surface area contributed by atoms with Gasteiger partial charge in [0, 0.05) is 18.6 Å². The number of nitrogens with two attached hydrogens (primary N) is 1. The van der Waals surface area contributed by atoms with Crippen LogP contribution in [0, 0.1) is 5.82 Å². The lowest BCUT2D eigenvalue weighted by Crippen LogP contribution is -2.52. The predicted molar refractivity (Wildman–Crippen MR) is 66.1 cm³/mol. The first-order valence-electron chi connectivity index (χ1n) is 5.86. The van der Waals surface area contributed by atoms with Gasteiger partial charge in [0.15, 0.2) is 0 Å². The molecule has 17 heavy (non-hydrogen) atoms. The number of halogens is 1. The summed E-state index contributed by atoms with van der Waals surface area (Å²) < 4.78 is 18.8. The standard InChI is InChI=1S/C13H19FN2O/c1-13(2)9-17-6-5-16(13)8-10-3-4-12(15)11(14)7-10/h3-4,7H,5-6,8-9,15H2,1-2H3. The summed E-state index contributed by atoms with van der Waals surface area (Å²) in [5.41, 5.74) is 6.62. The fourth-order valence-corrected chi connectivity index (χ4v) is 2.07. The van der Waals surface area contributed by atoms with Gasteiger partial charge in [-0.25, -0.2) is 4.39 Å². The number of benzene rings is 1. The molecule has 0 atom stereocenters. The molecule has 3 nitrogen and oxygen atoms in total. The number of rotatable bonds is 2. The Hall–Kier alpha value is -1.13. The summed E-state index contributed by atoms with van der Waals surface area (Å²) in [6.07, 6.45) is 0. The van der Waals surface area contributed by atoms with E-state index in [0.717, 1.165) is 25.3 Å². The first kappa shape index (κ1) is 12.3. The summed E-state index contributed by atoms with van der Waals surface area (Å²) in [7, 11) is 0. The minimum absolute atomic E-state index is 0.00386. The van der Waals surface area contributed by atoms with Crippen LogP contribution >= 0.6 is 0 Å². The molecule has 0 radical (unpaired) electrons. The van der Waals surface area contributed by atoms with Gasteiger partial charge in [0.25, 0.3) is 0 Å². The normalized spacial score (nSPS) is 20.4. The highest BCUT2D eigenvalue weighted by Crippen LogP contribution is 2.22. The van der Waals surface area contributed by atoms with Crippen molar-refractivity contribution in [3.05, 3.63) is 29.6 Å². The molecule has 0 bridgehead atoms. The van der Waals surface area contributed by atoms with Gasteiger partial charge in [-0.1, -0.05) is 6.07 Å². The third kappa shape index (κ3) is 2.76. The molecule has 1 saturated heterocycles. The van der Waals surface area contributed by atoms with Gasteiger partial charge in [-0.15, -0.1) is 0 Å². The highest BCUT2D eigenvalue weighted by atomic mass is 19.1. The fraction of sp³-hybridized carbons (Fsp3) is 0.538. The predicted octanol–water partition coefficient (Wildman–Crippen LogP) is 2.02. The summed E-state index contributed by atoms with van der Waals surface area (Å²) in [5.74, 6) is -0.339. The maximum atomic E-state index is 13.4. The molecule has 1 aromatic rings. The second-order valence-electron chi connectivity index (χ2n) is 5.14. The minimum Gasteiger partial charge on any atom is -0.396 e. The van der Waals surface area contributed by atoms with Crippen molar-refractivity contribution >= 4 is 5.69 Å². The van der Waals surface area contributed by atoms with Gasteiger partial charge in [0.2, 0.25) is 0 Å². The molecule has 0 amide bonds. The van der Waals surface area contributed by atoms with Crippen molar-refractivity contribution < 1.29 is 9.13 Å². The summed E-state index contributed by atoms with van der Waals surface area (Å²) in [6, 6.07) is 5.02. The van der Waals surface area contributed by atoms with E-state index in [9.17, 15) is 4.39 Å². The topological polar surface area (TPSA) is 38.5 Å². The molecular weight excluding hydrogens is 219 g/mol. The van der Waals surface area contributed by atoms with Gasteiger partial charge < -0.3 is 10.5 Å². The van der Waals surface area contributed by atoms with Crippen molar-refractivity contribution in [3.63, 3.8) is 0 Å². The van der Waals surface area contributed by atoms with Crippen molar-refractivity contribution in [3.8, 4) is 0 Å². The van der Waals surface area contributed by atoms with E-state index < -0.39 is 0 Å². The Balaban J connectivity index is 2.11. The SMILES string of the molecule is CC1(C)COCCN1Cc1ccc(N)c(F)c1. The minimum atomic E-state index is -0.339. The van der Waals surface area contributed by atoms with Gasteiger partial charge in [0.05, 0.1) is 18.9 Å². The van der Waals surface area contributed by atoms with Crippen LogP contribution in [0.1, 0.15) is 19.4 Å². The number of ether oxygens (including phenoxy) is 1. The molecule has 2 N–H and O–H groups in total. The molecule has 0 aliphatic carbocycles. The van der Waals surface area contributed by atoms with E-state index in [1.807, 2.05) is 6.07 Å². The molecule has 94 valence electrons. The second kappa shape index (κ2) is 4.63. The zero-order valence-electron chi connectivity index (χ0n) is 10.4. The van der Waals surface area contributed by atoms with Crippen molar-refractivity contribution in [2.45, 2.75) is 25.9 Å². The molecule has 0 saturated carbocycles. The monoisotopic (exact) mass is 238 g/mol. The fourth-order valence-electron chi connectivity index (χ4n) is 2.07. The maximum absolute atomic E-state index is 13.4. The highest BCUT2D eigenvalue weighted by Gasteiger charge is 2.30. The summed E-state index contributed by atoms with van der Waals surface area (Å²) in [5, 5.41) is 0. The van der Waals surface area contributed by atoms with Gasteiger partial charge in [-0.05, 0) is 31.5 Å². The highest BCUT2D eigenvalue weighted by molar-refractivity contribution is 5.41. The van der Waals surface area contributed by atoms with Crippen molar-refractivity contribution in [1.82, 2.24) is 4.90 Å². The quantitative estimate of drug-likeness (QED) is 0.801. The smallest absolute Gasteiger partial charge is 0.146 e. The average molecular weight is 238 g/mol. The first-order chi connectivity index (χ1) is 7.99. The molecule has 1 heterocycles. The Morgan fingerprint density at radius 2 is 2.24 bits per heavy atom. The first-order valence-corrected chi connectivity index (χ1v) is 5.86. The van der Waals surface area contributed by atoms with Crippen molar-refractivity contribution in [2.75, 3.05) is 25.5 Å². The van der Waals surface area contributed by atoms with Crippen molar-refractivity contribution in [2.24, 2.45) is 0 Å². The average Bonchev–Trinajstić information content (AvgIpc) is 2.26. The lowest BCUT2D eigenvalue weighted by Gasteiger charge is -2.42. The number of morpholine rings is 1. The molecule has 0 unspecified atom stereocenters. The van der Waals surface area contributed by atoms with E-state index in [1.165, 1.54) is 6.07 Å². The molecule has 2 rings (SSSR count). The lowest BCUT2D eigenvalue weighted by atomic mass is 10.0. The number of hydrogen-bond donors (Lipinski definition) is 1. The Kier molecular flexibility index (Phi) is 3.35. The van der Waals surface area contributed by atoms with Crippen LogP contribution in [-0.4, -0.2) is 30.2 Å². The summed E-state index contributed by atoms with van der Waals surface area (Å²) in [4.78, 5) is 2.31. The van der Waals surface area contributed by atoms with Crippen molar-refractivity contribution in [1.29, 1.82) is 0 Å². The summed E-state index contributed by atoms with van der Waals surface area (Å²) in [6.45, 7) is 7.33. The molecule has 1 fully saturated rings. The molecule has 1 aliphatic rings. The summed E-state index contributed by atoms with van der Waals surface area (Å²) >= 11 is 0. The van der Waals surface area contributed by atoms with E-state index in [2.05, 4.69) is 18.7 Å². The molecule has 1 aromatic carbocycles. The maximum Gasteiger partial charge on any atom is 0.146 e. The number of nitrogens with zero attached hydrogens (tertiary/aromatic N) is 1. The van der Waals surface area contributed by atoms with E-state index >= 15 is 0 Å². The van der Waals surface area contributed by atoms with Crippen LogP contribution in [0.3, 0.4) is 0 Å². The lowest BCUT2D eigenvalue weighted by molar-refractivity contribution is -0.0553. The Morgan fingerprint density at radius 3 is 2.88 bits per heavy atom. The zero-order valence-corrected chi connectivity index (χ0v) is 10.4. The van der Waals surface area contributed by atoms with Crippen LogP contribution < -0.4 is 5.73 Å². The van der Waals surface area contributed by atoms with Crippen LogP contribution in [0.2, 0.25) is 0 Å². The zero-order chi connectivity index (χ0) is 12.5. The third-order valence-corrected chi connectivity index (χ3v) is 3.26. The Labute approximate surface area is 101 Å². The number of anilines is 1. The van der Waals surface area contributed by atoms with Crippen LogP contribution in [0.4, 0.5) is 10.1 Å². The molecular formula is C13H19FN2O. The van der Waals surface area contributed by atoms with E-state index in [0.29, 0.717) is 6.61 Å². The van der Waals surface area contributed by atoms with Crippen LogP contribution in [0.5, 0.6) is 0 Å². The molecule has 4 heteroatoms. The second-order valence-corrected chi connectivity index (χ2v) is 5.14. The van der Waals surface area contributed by atoms with Crippen LogP contribution in [0.25, 0.3) is 0 Å². The third-order valence-electron chi connectivity index (χ3n) is 3.26. The molecule has 0 spiro atoms. The van der Waals surface area contributed by atoms with E-state index in [4.69, 9.17) is 10.5 Å². The van der Waals surface area contributed by atoms with E-state index in [1.54, 1.807) is 6.07 Å². The Bertz CT molecular complexity index is 406. The molecule has 1 aliphatic heterocycles. The van der Waals surface area contributed by atoms with Gasteiger partial charge >= 0.3 is 0 Å². The molecule has 0 aromatic heterocycles. The van der Waals surface area contributed by atoms with Crippen LogP contribution in [-0.2, 0) is 11.3 Å². The largest absolute Gasteiger partial charge is 0.396 e. The van der Waals surface area contributed by atoms with E-state index in [-0.39, 0.29) is 17.0 Å². The Morgan fingerprint density at radius 1 is 1.47 bits per heavy atom. The number of hydrogen-bond acceptors (Lipinski definition) is 3. The van der Waals surface area contributed by atoms with Gasteiger partial charge in [-0.2, -0.15) is 0 Å². The van der Waals surface area contributed by atoms with Gasteiger partial charge in [0.1, 0.15) is 5.82 Å². The van der Waals surface area contributed by atoms with Gasteiger partial charge in [-0.3, -0.25) is 4.90 Å². The van der Waals surface area contributed by atoms with Crippen LogP contribution in [0.15, 0.2) is 18.2 Å².